The first-order valence-corrected chi connectivity index (χ1v) is 8.63. The molecule has 1 amide bonds. The summed E-state index contributed by atoms with van der Waals surface area (Å²) in [5, 5.41) is 3.68. The third kappa shape index (κ3) is 5.44. The highest BCUT2D eigenvalue weighted by molar-refractivity contribution is 6.31. The molecule has 1 aliphatic rings. The van der Waals surface area contributed by atoms with E-state index in [4.69, 9.17) is 11.6 Å². The standard InChI is InChI=1S/C17H25ClFN3O/c1-2-9-21(13-14-15(18)4-3-5-16(14)19)10-6-17(23)22-11-7-20-8-12-22/h3-5,20H,2,6-13H2,1H3. The van der Waals surface area contributed by atoms with Crippen molar-refractivity contribution in [2.75, 3.05) is 39.3 Å². The first kappa shape index (κ1) is 18.2. The van der Waals surface area contributed by atoms with Gasteiger partial charge in [-0.2, -0.15) is 0 Å². The van der Waals surface area contributed by atoms with Gasteiger partial charge in [-0.05, 0) is 25.1 Å². The van der Waals surface area contributed by atoms with Crippen LogP contribution >= 0.6 is 11.6 Å². The third-order valence-electron chi connectivity index (χ3n) is 4.09. The van der Waals surface area contributed by atoms with Gasteiger partial charge in [-0.25, -0.2) is 4.39 Å². The molecule has 1 N–H and O–H groups in total. The minimum Gasteiger partial charge on any atom is -0.340 e. The molecule has 23 heavy (non-hydrogen) atoms. The molecule has 0 aliphatic carbocycles. The van der Waals surface area contributed by atoms with Crippen molar-refractivity contribution in [3.05, 3.63) is 34.6 Å². The first-order valence-electron chi connectivity index (χ1n) is 8.25. The van der Waals surface area contributed by atoms with Crippen LogP contribution in [0.1, 0.15) is 25.3 Å². The molecule has 0 bridgehead atoms. The van der Waals surface area contributed by atoms with Crippen molar-refractivity contribution in [1.29, 1.82) is 0 Å². The molecule has 0 radical (unpaired) electrons. The van der Waals surface area contributed by atoms with Gasteiger partial charge in [0.05, 0.1) is 0 Å². The maximum absolute atomic E-state index is 13.9. The topological polar surface area (TPSA) is 35.6 Å². The number of rotatable bonds is 7. The minimum absolute atomic E-state index is 0.173. The van der Waals surface area contributed by atoms with Crippen LogP contribution in [0.3, 0.4) is 0 Å². The molecule has 128 valence electrons. The van der Waals surface area contributed by atoms with Crippen LogP contribution in [0.4, 0.5) is 4.39 Å². The van der Waals surface area contributed by atoms with Gasteiger partial charge in [-0.3, -0.25) is 9.69 Å². The van der Waals surface area contributed by atoms with E-state index in [0.29, 0.717) is 30.1 Å². The molecule has 1 fully saturated rings. The van der Waals surface area contributed by atoms with E-state index in [0.717, 1.165) is 39.1 Å². The maximum atomic E-state index is 13.9. The van der Waals surface area contributed by atoms with E-state index in [2.05, 4.69) is 17.1 Å². The molecule has 0 unspecified atom stereocenters. The lowest BCUT2D eigenvalue weighted by Gasteiger charge is -2.29. The van der Waals surface area contributed by atoms with Crippen LogP contribution < -0.4 is 5.32 Å². The Balaban J connectivity index is 1.91. The number of hydrogen-bond donors (Lipinski definition) is 1. The van der Waals surface area contributed by atoms with E-state index in [1.165, 1.54) is 6.07 Å². The Hall–Kier alpha value is -1.17. The molecule has 0 saturated carbocycles. The van der Waals surface area contributed by atoms with Gasteiger partial charge in [0, 0.05) is 56.3 Å². The lowest BCUT2D eigenvalue weighted by atomic mass is 10.2. The number of nitrogens with zero attached hydrogens (tertiary/aromatic N) is 2. The van der Waals surface area contributed by atoms with Gasteiger partial charge in [0.2, 0.25) is 5.91 Å². The van der Waals surface area contributed by atoms with Crippen LogP contribution in [0.2, 0.25) is 5.02 Å². The zero-order valence-corrected chi connectivity index (χ0v) is 14.4. The number of halogens is 2. The molecule has 1 heterocycles. The summed E-state index contributed by atoms with van der Waals surface area (Å²) in [4.78, 5) is 16.3. The van der Waals surface area contributed by atoms with Crippen molar-refractivity contribution in [3.8, 4) is 0 Å². The quantitative estimate of drug-likeness (QED) is 0.827. The first-order chi connectivity index (χ1) is 11.1. The molecule has 0 spiro atoms. The van der Waals surface area contributed by atoms with Crippen molar-refractivity contribution < 1.29 is 9.18 Å². The number of nitrogens with one attached hydrogen (secondary N) is 1. The number of carbonyl (C=O) groups excluding carboxylic acids is 1. The van der Waals surface area contributed by atoms with Crippen LogP contribution in [0.5, 0.6) is 0 Å². The van der Waals surface area contributed by atoms with E-state index in [1.807, 2.05) is 4.90 Å². The van der Waals surface area contributed by atoms with Crippen LogP contribution in [-0.2, 0) is 11.3 Å². The number of piperazine rings is 1. The number of hydrogen-bond acceptors (Lipinski definition) is 3. The summed E-state index contributed by atoms with van der Waals surface area (Å²) in [5.74, 6) is -0.112. The number of benzene rings is 1. The van der Waals surface area contributed by atoms with Gasteiger partial charge in [-0.15, -0.1) is 0 Å². The molecule has 1 aromatic rings. The Morgan fingerprint density at radius 2 is 2.09 bits per heavy atom. The van der Waals surface area contributed by atoms with E-state index in [9.17, 15) is 9.18 Å². The van der Waals surface area contributed by atoms with Gasteiger partial charge in [0.15, 0.2) is 0 Å². The molecule has 2 rings (SSSR count). The highest BCUT2D eigenvalue weighted by Gasteiger charge is 2.18. The molecule has 0 atom stereocenters. The Labute approximate surface area is 142 Å². The molecule has 1 saturated heterocycles. The predicted molar refractivity (Wildman–Crippen MR) is 91.0 cm³/mol. The number of carbonyl (C=O) groups is 1. The van der Waals surface area contributed by atoms with Crippen LogP contribution in [0.25, 0.3) is 0 Å². The Kier molecular flexibility index (Phi) is 7.27. The smallest absolute Gasteiger partial charge is 0.223 e. The zero-order valence-electron chi connectivity index (χ0n) is 13.7. The highest BCUT2D eigenvalue weighted by atomic mass is 35.5. The molecule has 1 aromatic carbocycles. The van der Waals surface area contributed by atoms with Crippen LogP contribution in [0.15, 0.2) is 18.2 Å². The molecule has 0 aromatic heterocycles. The maximum Gasteiger partial charge on any atom is 0.223 e. The SMILES string of the molecule is CCCN(CCC(=O)N1CCNCC1)Cc1c(F)cccc1Cl. The molecule has 4 nitrogen and oxygen atoms in total. The summed E-state index contributed by atoms with van der Waals surface area (Å²) in [6, 6.07) is 4.74. The Morgan fingerprint density at radius 3 is 2.74 bits per heavy atom. The van der Waals surface area contributed by atoms with Gasteiger partial charge < -0.3 is 10.2 Å². The third-order valence-corrected chi connectivity index (χ3v) is 4.45. The Morgan fingerprint density at radius 1 is 1.35 bits per heavy atom. The highest BCUT2D eigenvalue weighted by Crippen LogP contribution is 2.21. The number of amides is 1. The monoisotopic (exact) mass is 341 g/mol. The van der Waals surface area contributed by atoms with Gasteiger partial charge in [-0.1, -0.05) is 24.6 Å². The molecule has 6 heteroatoms. The van der Waals surface area contributed by atoms with Crippen molar-refractivity contribution in [1.82, 2.24) is 15.1 Å². The average molecular weight is 342 g/mol. The summed E-state index contributed by atoms with van der Waals surface area (Å²) in [7, 11) is 0. The fourth-order valence-electron chi connectivity index (χ4n) is 2.82. The molecular weight excluding hydrogens is 317 g/mol. The molecule has 1 aliphatic heterocycles. The molecular formula is C17H25ClFN3O. The van der Waals surface area contributed by atoms with E-state index in [1.54, 1.807) is 12.1 Å². The van der Waals surface area contributed by atoms with Crippen molar-refractivity contribution in [2.45, 2.75) is 26.3 Å². The summed E-state index contributed by atoms with van der Waals surface area (Å²) in [6.45, 7) is 7.21. The predicted octanol–water partition coefficient (Wildman–Crippen LogP) is 2.51. The van der Waals surface area contributed by atoms with Crippen LogP contribution in [0, 0.1) is 5.82 Å². The van der Waals surface area contributed by atoms with E-state index < -0.39 is 0 Å². The zero-order chi connectivity index (χ0) is 16.7. The summed E-state index contributed by atoms with van der Waals surface area (Å²) >= 11 is 6.11. The second-order valence-corrected chi connectivity index (χ2v) is 6.26. The Bertz CT molecular complexity index is 500. The fourth-order valence-corrected chi connectivity index (χ4v) is 3.04. The normalized spacial score (nSPS) is 15.2. The fraction of sp³-hybridized carbons (Fsp3) is 0.588. The summed E-state index contributed by atoms with van der Waals surface area (Å²) < 4.78 is 13.9. The summed E-state index contributed by atoms with van der Waals surface area (Å²) in [6.07, 6.45) is 1.42. The van der Waals surface area contributed by atoms with Crippen molar-refractivity contribution in [3.63, 3.8) is 0 Å². The van der Waals surface area contributed by atoms with Crippen molar-refractivity contribution >= 4 is 17.5 Å². The minimum atomic E-state index is -0.285. The van der Waals surface area contributed by atoms with E-state index >= 15 is 0 Å². The van der Waals surface area contributed by atoms with E-state index in [-0.39, 0.29) is 11.7 Å². The largest absolute Gasteiger partial charge is 0.340 e. The second kappa shape index (κ2) is 9.21. The van der Waals surface area contributed by atoms with Crippen molar-refractivity contribution in [2.24, 2.45) is 0 Å². The van der Waals surface area contributed by atoms with Gasteiger partial charge in [0.25, 0.3) is 0 Å². The summed E-state index contributed by atoms with van der Waals surface area (Å²) in [5.41, 5.74) is 0.511. The average Bonchev–Trinajstić information content (AvgIpc) is 2.56. The lowest BCUT2D eigenvalue weighted by Crippen LogP contribution is -2.47. The lowest BCUT2D eigenvalue weighted by molar-refractivity contribution is -0.132. The second-order valence-electron chi connectivity index (χ2n) is 5.86. The van der Waals surface area contributed by atoms with Gasteiger partial charge >= 0.3 is 0 Å². The van der Waals surface area contributed by atoms with Crippen LogP contribution in [-0.4, -0.2) is 55.0 Å². The van der Waals surface area contributed by atoms with Gasteiger partial charge in [0.1, 0.15) is 5.82 Å².